The Morgan fingerprint density at radius 3 is 2.29 bits per heavy atom. The smallest absolute Gasteiger partial charge is 0.151 e. The van der Waals surface area contributed by atoms with E-state index < -0.39 is 5.92 Å². The first-order chi connectivity index (χ1) is 10.2. The fourth-order valence-electron chi connectivity index (χ4n) is 1.54. The number of Topliss-reactive ketones (excluding diaryl/α,β-unsaturated/α-hetero) is 1. The number of carbonyl (C=O) groups is 1. The molecular formula is C16H14N4O. The van der Waals surface area contributed by atoms with E-state index in [1.807, 2.05) is 24.3 Å². The lowest BCUT2D eigenvalue weighted by Crippen LogP contribution is -2.06. The molecule has 21 heavy (non-hydrogen) atoms. The molecule has 0 N–H and O–H groups in total. The highest BCUT2D eigenvalue weighted by Crippen LogP contribution is 2.13. The predicted molar refractivity (Wildman–Crippen MR) is 76.8 cm³/mol. The number of carbonyl (C=O) groups excluding carboxylic acids is 1. The SMILES string of the molecule is CC(=O)C(C#N)c1cccnc1.N#CCc1cccnc1. The highest BCUT2D eigenvalue weighted by molar-refractivity contribution is 5.85. The van der Waals surface area contributed by atoms with Crippen molar-refractivity contribution in [2.75, 3.05) is 0 Å². The standard InChI is InChI=1S/C9H8N2O.C7H6N2/c1-7(12)9(5-10)8-3-2-4-11-6-8;8-4-3-7-2-1-5-9-6-7/h2-4,6,9H,1H3;1-2,5-6H,3H2. The number of pyridine rings is 2. The summed E-state index contributed by atoms with van der Waals surface area (Å²) in [6.07, 6.45) is 6.99. The molecule has 104 valence electrons. The van der Waals surface area contributed by atoms with E-state index in [-0.39, 0.29) is 5.78 Å². The van der Waals surface area contributed by atoms with Crippen molar-refractivity contribution in [1.29, 1.82) is 10.5 Å². The topological polar surface area (TPSA) is 90.4 Å². The van der Waals surface area contributed by atoms with Crippen molar-refractivity contribution in [3.05, 3.63) is 60.2 Å². The monoisotopic (exact) mass is 278 g/mol. The molecule has 0 aliphatic carbocycles. The molecule has 0 aromatic carbocycles. The van der Waals surface area contributed by atoms with E-state index in [0.717, 1.165) is 5.56 Å². The number of aromatic nitrogens is 2. The number of hydrogen-bond acceptors (Lipinski definition) is 5. The van der Waals surface area contributed by atoms with Gasteiger partial charge in [-0.25, -0.2) is 0 Å². The molecule has 0 bridgehead atoms. The van der Waals surface area contributed by atoms with Gasteiger partial charge in [0.1, 0.15) is 5.92 Å². The molecule has 5 nitrogen and oxygen atoms in total. The Kier molecular flexibility index (Phi) is 6.82. The van der Waals surface area contributed by atoms with Crippen LogP contribution in [0.1, 0.15) is 24.0 Å². The molecule has 0 saturated heterocycles. The lowest BCUT2D eigenvalue weighted by Gasteiger charge is -2.02. The second-order valence-electron chi connectivity index (χ2n) is 4.16. The zero-order chi connectivity index (χ0) is 15.5. The Labute approximate surface area is 123 Å². The van der Waals surface area contributed by atoms with Crippen molar-refractivity contribution >= 4 is 5.78 Å². The zero-order valence-electron chi connectivity index (χ0n) is 11.6. The van der Waals surface area contributed by atoms with Gasteiger partial charge in [0.05, 0.1) is 18.6 Å². The number of ketones is 1. The van der Waals surface area contributed by atoms with Gasteiger partial charge in [0.25, 0.3) is 0 Å². The summed E-state index contributed by atoms with van der Waals surface area (Å²) >= 11 is 0. The number of nitriles is 2. The summed E-state index contributed by atoms with van der Waals surface area (Å²) in [6, 6.07) is 11.1. The molecule has 5 heteroatoms. The second-order valence-corrected chi connectivity index (χ2v) is 4.16. The quantitative estimate of drug-likeness (QED) is 0.859. The molecular weight excluding hydrogens is 264 g/mol. The van der Waals surface area contributed by atoms with Crippen LogP contribution >= 0.6 is 0 Å². The van der Waals surface area contributed by atoms with Gasteiger partial charge in [-0.2, -0.15) is 10.5 Å². The summed E-state index contributed by atoms with van der Waals surface area (Å²) in [5.41, 5.74) is 1.63. The Bertz CT molecular complexity index is 641. The molecule has 0 fully saturated rings. The van der Waals surface area contributed by atoms with Gasteiger partial charge < -0.3 is 0 Å². The van der Waals surface area contributed by atoms with E-state index in [1.165, 1.54) is 13.1 Å². The van der Waals surface area contributed by atoms with Gasteiger partial charge >= 0.3 is 0 Å². The number of nitrogens with zero attached hydrogens (tertiary/aromatic N) is 4. The number of rotatable bonds is 3. The maximum Gasteiger partial charge on any atom is 0.151 e. The maximum absolute atomic E-state index is 10.9. The summed E-state index contributed by atoms with van der Waals surface area (Å²) in [4.78, 5) is 18.6. The summed E-state index contributed by atoms with van der Waals surface area (Å²) in [5.74, 6) is -0.816. The molecule has 2 heterocycles. The third-order valence-corrected chi connectivity index (χ3v) is 2.56. The first-order valence-corrected chi connectivity index (χ1v) is 6.25. The van der Waals surface area contributed by atoms with Crippen LogP contribution < -0.4 is 0 Å². The average Bonchev–Trinajstić information content (AvgIpc) is 2.51. The fourth-order valence-corrected chi connectivity index (χ4v) is 1.54. The lowest BCUT2D eigenvalue weighted by molar-refractivity contribution is -0.117. The first kappa shape index (κ1) is 16.0. The van der Waals surface area contributed by atoms with Crippen LogP contribution in [0.15, 0.2) is 49.1 Å². The Hall–Kier alpha value is -3.05. The predicted octanol–water partition coefficient (Wildman–Crippen LogP) is 2.43. The Balaban J connectivity index is 0.000000219. The van der Waals surface area contributed by atoms with E-state index in [1.54, 1.807) is 30.7 Å². The van der Waals surface area contributed by atoms with Gasteiger partial charge in [0.2, 0.25) is 0 Å². The van der Waals surface area contributed by atoms with Crippen LogP contribution in [0.3, 0.4) is 0 Å². The molecule has 0 saturated carbocycles. The Morgan fingerprint density at radius 2 is 1.86 bits per heavy atom. The largest absolute Gasteiger partial charge is 0.298 e. The third-order valence-electron chi connectivity index (χ3n) is 2.56. The molecule has 2 rings (SSSR count). The maximum atomic E-state index is 10.9. The van der Waals surface area contributed by atoms with Crippen LogP contribution in [-0.4, -0.2) is 15.8 Å². The van der Waals surface area contributed by atoms with Crippen LogP contribution in [-0.2, 0) is 11.2 Å². The summed E-state index contributed by atoms with van der Waals surface area (Å²) in [6.45, 7) is 1.40. The second kappa shape index (κ2) is 8.95. The van der Waals surface area contributed by atoms with E-state index in [4.69, 9.17) is 10.5 Å². The van der Waals surface area contributed by atoms with Crippen molar-refractivity contribution in [2.45, 2.75) is 19.3 Å². The average molecular weight is 278 g/mol. The van der Waals surface area contributed by atoms with Crippen LogP contribution in [0.25, 0.3) is 0 Å². The van der Waals surface area contributed by atoms with E-state index in [9.17, 15) is 4.79 Å². The van der Waals surface area contributed by atoms with Crippen molar-refractivity contribution < 1.29 is 4.79 Å². The van der Waals surface area contributed by atoms with Crippen molar-refractivity contribution in [1.82, 2.24) is 9.97 Å². The van der Waals surface area contributed by atoms with Crippen LogP contribution in [0.4, 0.5) is 0 Å². The molecule has 0 aliphatic rings. The summed E-state index contributed by atoms with van der Waals surface area (Å²) < 4.78 is 0. The minimum Gasteiger partial charge on any atom is -0.298 e. The van der Waals surface area contributed by atoms with Crippen molar-refractivity contribution in [3.63, 3.8) is 0 Å². The molecule has 0 spiro atoms. The lowest BCUT2D eigenvalue weighted by atomic mass is 9.99. The van der Waals surface area contributed by atoms with E-state index in [2.05, 4.69) is 9.97 Å². The van der Waals surface area contributed by atoms with E-state index in [0.29, 0.717) is 12.0 Å². The highest BCUT2D eigenvalue weighted by Gasteiger charge is 2.14. The highest BCUT2D eigenvalue weighted by atomic mass is 16.1. The molecule has 0 radical (unpaired) electrons. The van der Waals surface area contributed by atoms with Gasteiger partial charge in [0, 0.05) is 24.8 Å². The van der Waals surface area contributed by atoms with Crippen LogP contribution in [0.5, 0.6) is 0 Å². The molecule has 0 amide bonds. The molecule has 0 aliphatic heterocycles. The van der Waals surface area contributed by atoms with Crippen molar-refractivity contribution in [2.24, 2.45) is 0 Å². The molecule has 2 aromatic rings. The van der Waals surface area contributed by atoms with Gasteiger partial charge in [-0.3, -0.25) is 14.8 Å². The minimum absolute atomic E-state index is 0.148. The third kappa shape index (κ3) is 5.63. The molecule has 1 unspecified atom stereocenters. The van der Waals surface area contributed by atoms with Gasteiger partial charge in [-0.05, 0) is 30.2 Å². The van der Waals surface area contributed by atoms with Crippen molar-refractivity contribution in [3.8, 4) is 12.1 Å². The normalized spacial score (nSPS) is 10.2. The van der Waals surface area contributed by atoms with E-state index >= 15 is 0 Å². The van der Waals surface area contributed by atoms with Gasteiger partial charge in [0.15, 0.2) is 5.78 Å². The minimum atomic E-state index is -0.668. The molecule has 2 aromatic heterocycles. The van der Waals surface area contributed by atoms with Gasteiger partial charge in [-0.1, -0.05) is 12.1 Å². The first-order valence-electron chi connectivity index (χ1n) is 6.25. The Morgan fingerprint density at radius 1 is 1.19 bits per heavy atom. The number of hydrogen-bond donors (Lipinski definition) is 0. The van der Waals surface area contributed by atoms with Crippen LogP contribution in [0.2, 0.25) is 0 Å². The van der Waals surface area contributed by atoms with Crippen LogP contribution in [0, 0.1) is 22.7 Å². The summed E-state index contributed by atoms with van der Waals surface area (Å²) in [7, 11) is 0. The zero-order valence-corrected chi connectivity index (χ0v) is 11.6. The summed E-state index contributed by atoms with van der Waals surface area (Å²) in [5, 5.41) is 16.9. The molecule has 1 atom stereocenters. The van der Waals surface area contributed by atoms with Gasteiger partial charge in [-0.15, -0.1) is 0 Å². The fraction of sp³-hybridized carbons (Fsp3) is 0.188.